The molecule has 2 rings (SSSR count). The standard InChI is InChI=1S/C15H27N5O2S/c1-4-6-12(3)16-13(21)11-23-15-18-17-14(20(15)5-2)19-7-9-22-10-8-19/h12H,4-11H2,1-3H3,(H,16,21). The summed E-state index contributed by atoms with van der Waals surface area (Å²) < 4.78 is 7.45. The molecule has 1 aliphatic rings. The molecular formula is C15H27N5O2S. The summed E-state index contributed by atoms with van der Waals surface area (Å²) in [7, 11) is 0. The summed E-state index contributed by atoms with van der Waals surface area (Å²) in [5, 5.41) is 12.4. The molecule has 8 heteroatoms. The first kappa shape index (κ1) is 18.1. The fourth-order valence-electron chi connectivity index (χ4n) is 2.61. The van der Waals surface area contributed by atoms with Crippen LogP contribution in [0.2, 0.25) is 0 Å². The van der Waals surface area contributed by atoms with Gasteiger partial charge in [0, 0.05) is 25.7 Å². The number of hydrogen-bond acceptors (Lipinski definition) is 6. The lowest BCUT2D eigenvalue weighted by Gasteiger charge is -2.27. The van der Waals surface area contributed by atoms with Gasteiger partial charge < -0.3 is 15.0 Å². The SMILES string of the molecule is CCCC(C)NC(=O)CSc1nnc(N2CCOCC2)n1CC. The number of hydrogen-bond donors (Lipinski definition) is 1. The third kappa shape index (κ3) is 5.10. The van der Waals surface area contributed by atoms with E-state index in [2.05, 4.69) is 38.8 Å². The molecule has 1 N–H and O–H groups in total. The van der Waals surface area contributed by atoms with E-state index in [1.807, 2.05) is 6.92 Å². The summed E-state index contributed by atoms with van der Waals surface area (Å²) in [6, 6.07) is 0.223. The van der Waals surface area contributed by atoms with E-state index in [1.54, 1.807) is 0 Å². The van der Waals surface area contributed by atoms with Crippen LogP contribution in [0.1, 0.15) is 33.6 Å². The Kier molecular flexibility index (Phi) is 7.16. The lowest BCUT2D eigenvalue weighted by Crippen LogP contribution is -2.38. The van der Waals surface area contributed by atoms with Crippen LogP contribution in [-0.2, 0) is 16.1 Å². The van der Waals surface area contributed by atoms with Crippen molar-refractivity contribution in [3.8, 4) is 0 Å². The summed E-state index contributed by atoms with van der Waals surface area (Å²) in [6.07, 6.45) is 2.07. The van der Waals surface area contributed by atoms with Gasteiger partial charge in [0.05, 0.1) is 19.0 Å². The number of morpholine rings is 1. The molecule has 130 valence electrons. The summed E-state index contributed by atoms with van der Waals surface area (Å²) >= 11 is 1.44. The first-order valence-electron chi connectivity index (χ1n) is 8.33. The third-order valence-electron chi connectivity index (χ3n) is 3.77. The molecule has 23 heavy (non-hydrogen) atoms. The van der Waals surface area contributed by atoms with E-state index < -0.39 is 0 Å². The number of nitrogens with zero attached hydrogens (tertiary/aromatic N) is 4. The molecule has 1 unspecified atom stereocenters. The maximum absolute atomic E-state index is 12.0. The van der Waals surface area contributed by atoms with Crippen LogP contribution in [0.5, 0.6) is 0 Å². The Morgan fingerprint density at radius 2 is 2.09 bits per heavy atom. The van der Waals surface area contributed by atoms with Crippen molar-refractivity contribution >= 4 is 23.6 Å². The first-order valence-corrected chi connectivity index (χ1v) is 9.32. The van der Waals surface area contributed by atoms with Gasteiger partial charge in [-0.25, -0.2) is 0 Å². The molecule has 1 aliphatic heterocycles. The zero-order chi connectivity index (χ0) is 16.7. The summed E-state index contributed by atoms with van der Waals surface area (Å²) in [5.74, 6) is 1.29. The van der Waals surface area contributed by atoms with Crippen molar-refractivity contribution < 1.29 is 9.53 Å². The molecule has 0 aromatic carbocycles. The molecule has 0 spiro atoms. The van der Waals surface area contributed by atoms with Crippen molar-refractivity contribution in [2.75, 3.05) is 37.0 Å². The zero-order valence-electron chi connectivity index (χ0n) is 14.2. The minimum atomic E-state index is 0.0505. The smallest absolute Gasteiger partial charge is 0.230 e. The zero-order valence-corrected chi connectivity index (χ0v) is 15.1. The minimum Gasteiger partial charge on any atom is -0.378 e. The molecule has 2 heterocycles. The van der Waals surface area contributed by atoms with E-state index in [0.717, 1.165) is 56.8 Å². The molecular weight excluding hydrogens is 314 g/mol. The average molecular weight is 341 g/mol. The maximum Gasteiger partial charge on any atom is 0.230 e. The number of nitrogens with one attached hydrogen (secondary N) is 1. The largest absolute Gasteiger partial charge is 0.378 e. The van der Waals surface area contributed by atoms with Gasteiger partial charge in [0.25, 0.3) is 0 Å². The number of carbonyl (C=O) groups is 1. The highest BCUT2D eigenvalue weighted by atomic mass is 32.2. The predicted octanol–water partition coefficient (Wildman–Crippen LogP) is 1.53. The van der Waals surface area contributed by atoms with E-state index >= 15 is 0 Å². The maximum atomic E-state index is 12.0. The van der Waals surface area contributed by atoms with Gasteiger partial charge in [0.2, 0.25) is 11.9 Å². The Hall–Kier alpha value is -1.28. The molecule has 0 radical (unpaired) electrons. The number of anilines is 1. The van der Waals surface area contributed by atoms with Gasteiger partial charge >= 0.3 is 0 Å². The van der Waals surface area contributed by atoms with E-state index in [0.29, 0.717) is 5.75 Å². The van der Waals surface area contributed by atoms with Crippen molar-refractivity contribution in [1.82, 2.24) is 20.1 Å². The van der Waals surface area contributed by atoms with Gasteiger partial charge in [0.1, 0.15) is 0 Å². The van der Waals surface area contributed by atoms with Crippen LogP contribution in [0, 0.1) is 0 Å². The van der Waals surface area contributed by atoms with Crippen LogP contribution in [-0.4, -0.2) is 58.8 Å². The highest BCUT2D eigenvalue weighted by Gasteiger charge is 2.20. The van der Waals surface area contributed by atoms with Crippen molar-refractivity contribution in [3.05, 3.63) is 0 Å². The summed E-state index contributed by atoms with van der Waals surface area (Å²) in [5.41, 5.74) is 0. The monoisotopic (exact) mass is 341 g/mol. The van der Waals surface area contributed by atoms with Crippen molar-refractivity contribution in [1.29, 1.82) is 0 Å². The Balaban J connectivity index is 1.92. The fraction of sp³-hybridized carbons (Fsp3) is 0.800. The quantitative estimate of drug-likeness (QED) is 0.723. The van der Waals surface area contributed by atoms with Crippen LogP contribution in [0.25, 0.3) is 0 Å². The number of carbonyl (C=O) groups excluding carboxylic acids is 1. The number of thioether (sulfide) groups is 1. The second kappa shape index (κ2) is 9.12. The average Bonchev–Trinajstić information content (AvgIpc) is 2.96. The number of aromatic nitrogens is 3. The summed E-state index contributed by atoms with van der Waals surface area (Å²) in [4.78, 5) is 14.2. The molecule has 1 atom stereocenters. The van der Waals surface area contributed by atoms with Crippen LogP contribution in [0.4, 0.5) is 5.95 Å². The van der Waals surface area contributed by atoms with Crippen molar-refractivity contribution in [2.24, 2.45) is 0 Å². The number of amides is 1. The molecule has 7 nitrogen and oxygen atoms in total. The van der Waals surface area contributed by atoms with Gasteiger partial charge in [-0.2, -0.15) is 0 Å². The van der Waals surface area contributed by atoms with Gasteiger partial charge in [0.15, 0.2) is 5.16 Å². The highest BCUT2D eigenvalue weighted by molar-refractivity contribution is 7.99. The molecule has 1 fully saturated rings. The predicted molar refractivity (Wildman–Crippen MR) is 92.0 cm³/mol. The first-order chi connectivity index (χ1) is 11.2. The second-order valence-corrected chi connectivity index (χ2v) is 6.61. The molecule has 1 amide bonds. The molecule has 1 aromatic heterocycles. The minimum absolute atomic E-state index is 0.0505. The van der Waals surface area contributed by atoms with E-state index in [4.69, 9.17) is 4.74 Å². The normalized spacial score (nSPS) is 16.4. The topological polar surface area (TPSA) is 72.3 Å². The molecule has 0 aliphatic carbocycles. The molecule has 0 bridgehead atoms. The van der Waals surface area contributed by atoms with E-state index in [1.165, 1.54) is 11.8 Å². The van der Waals surface area contributed by atoms with Crippen LogP contribution in [0.15, 0.2) is 5.16 Å². The van der Waals surface area contributed by atoms with Crippen LogP contribution in [0.3, 0.4) is 0 Å². The van der Waals surface area contributed by atoms with E-state index in [9.17, 15) is 4.79 Å². The Morgan fingerprint density at radius 3 is 2.74 bits per heavy atom. The van der Waals surface area contributed by atoms with Crippen molar-refractivity contribution in [3.63, 3.8) is 0 Å². The number of rotatable bonds is 8. The van der Waals surface area contributed by atoms with Crippen LogP contribution < -0.4 is 10.2 Å². The lowest BCUT2D eigenvalue weighted by molar-refractivity contribution is -0.119. The fourth-order valence-corrected chi connectivity index (χ4v) is 3.42. The van der Waals surface area contributed by atoms with Gasteiger partial charge in [-0.05, 0) is 20.3 Å². The Labute approximate surface area is 142 Å². The summed E-state index contributed by atoms with van der Waals surface area (Å²) in [6.45, 7) is 10.1. The van der Waals surface area contributed by atoms with Gasteiger partial charge in [-0.15, -0.1) is 10.2 Å². The molecule has 1 saturated heterocycles. The third-order valence-corrected chi connectivity index (χ3v) is 4.74. The molecule has 0 saturated carbocycles. The Morgan fingerprint density at radius 1 is 1.35 bits per heavy atom. The lowest BCUT2D eigenvalue weighted by atomic mass is 10.2. The highest BCUT2D eigenvalue weighted by Crippen LogP contribution is 2.22. The Bertz CT molecular complexity index is 502. The van der Waals surface area contributed by atoms with Gasteiger partial charge in [-0.3, -0.25) is 9.36 Å². The second-order valence-electron chi connectivity index (χ2n) is 5.67. The molecule has 1 aromatic rings. The van der Waals surface area contributed by atoms with E-state index in [-0.39, 0.29) is 11.9 Å². The van der Waals surface area contributed by atoms with Crippen LogP contribution >= 0.6 is 11.8 Å². The van der Waals surface area contributed by atoms with Crippen molar-refractivity contribution in [2.45, 2.75) is 51.4 Å². The number of ether oxygens (including phenoxy) is 1. The van der Waals surface area contributed by atoms with Gasteiger partial charge in [-0.1, -0.05) is 25.1 Å².